The molecule has 2 rings (SSSR count). The lowest BCUT2D eigenvalue weighted by Gasteiger charge is -2.39. The molecule has 1 aliphatic rings. The van der Waals surface area contributed by atoms with Crippen LogP contribution in [-0.4, -0.2) is 18.3 Å². The van der Waals surface area contributed by atoms with Crippen LogP contribution < -0.4 is 5.32 Å². The summed E-state index contributed by atoms with van der Waals surface area (Å²) in [4.78, 5) is 0. The van der Waals surface area contributed by atoms with E-state index in [1.165, 1.54) is 12.8 Å². The minimum atomic E-state index is 0.647. The van der Waals surface area contributed by atoms with Gasteiger partial charge in [0, 0.05) is 11.3 Å². The highest BCUT2D eigenvalue weighted by Gasteiger charge is 2.33. The van der Waals surface area contributed by atoms with Crippen LogP contribution in [0.2, 0.25) is 0 Å². The van der Waals surface area contributed by atoms with Gasteiger partial charge in [-0.2, -0.15) is 0 Å². The maximum atomic E-state index is 5.41. The second kappa shape index (κ2) is 5.96. The second-order valence-corrected chi connectivity index (χ2v) is 6.47. The summed E-state index contributed by atoms with van der Waals surface area (Å²) in [6.45, 7) is 4.76. The molecule has 0 aliphatic heterocycles. The molecule has 2 nitrogen and oxygen atoms in total. The average molecular weight is 253 g/mol. The number of furan rings is 1. The molecule has 4 atom stereocenters. The zero-order valence-electron chi connectivity index (χ0n) is 11.0. The molecule has 1 aromatic rings. The maximum absolute atomic E-state index is 5.41. The average Bonchev–Trinajstić information content (AvgIpc) is 2.79. The number of hydrogen-bond donors (Lipinski definition) is 1. The molecule has 0 saturated heterocycles. The van der Waals surface area contributed by atoms with Crippen molar-refractivity contribution in [3.8, 4) is 0 Å². The third-order valence-electron chi connectivity index (χ3n) is 3.76. The lowest BCUT2D eigenvalue weighted by atomic mass is 9.80. The first-order chi connectivity index (χ1) is 8.20. The van der Waals surface area contributed by atoms with Gasteiger partial charge in [-0.3, -0.25) is 0 Å². The Labute approximate surface area is 109 Å². The Balaban J connectivity index is 1.92. The van der Waals surface area contributed by atoms with Gasteiger partial charge in [-0.25, -0.2) is 0 Å². The molecule has 96 valence electrons. The lowest BCUT2D eigenvalue weighted by Crippen LogP contribution is -2.44. The van der Waals surface area contributed by atoms with Crippen LogP contribution in [0.5, 0.6) is 0 Å². The van der Waals surface area contributed by atoms with Crippen molar-refractivity contribution in [1.29, 1.82) is 0 Å². The molecule has 4 unspecified atom stereocenters. The van der Waals surface area contributed by atoms with E-state index in [4.69, 9.17) is 4.42 Å². The lowest BCUT2D eigenvalue weighted by molar-refractivity contribution is 0.257. The van der Waals surface area contributed by atoms with Crippen molar-refractivity contribution in [2.24, 2.45) is 11.8 Å². The molecule has 17 heavy (non-hydrogen) atoms. The van der Waals surface area contributed by atoms with E-state index in [2.05, 4.69) is 32.3 Å². The number of rotatable bonds is 4. The maximum Gasteiger partial charge on any atom is 0.113 e. The molecule has 0 aromatic carbocycles. The minimum absolute atomic E-state index is 0.647. The molecule has 3 heteroatoms. The quantitative estimate of drug-likeness (QED) is 0.888. The molecular formula is C14H23NOS. The molecule has 1 aliphatic carbocycles. The highest BCUT2D eigenvalue weighted by atomic mass is 32.2. The van der Waals surface area contributed by atoms with Crippen molar-refractivity contribution in [3.05, 3.63) is 24.2 Å². The summed E-state index contributed by atoms with van der Waals surface area (Å²) in [5, 5.41) is 4.20. The van der Waals surface area contributed by atoms with Gasteiger partial charge < -0.3 is 9.73 Å². The van der Waals surface area contributed by atoms with Crippen LogP contribution in [-0.2, 0) is 5.75 Å². The smallest absolute Gasteiger partial charge is 0.113 e. The van der Waals surface area contributed by atoms with Crippen molar-refractivity contribution >= 4 is 11.8 Å². The number of nitrogens with one attached hydrogen (secondary N) is 1. The van der Waals surface area contributed by atoms with Crippen LogP contribution in [0.15, 0.2) is 22.8 Å². The molecule has 1 saturated carbocycles. The highest BCUT2D eigenvalue weighted by molar-refractivity contribution is 7.99. The van der Waals surface area contributed by atoms with E-state index in [0.29, 0.717) is 11.3 Å². The van der Waals surface area contributed by atoms with Gasteiger partial charge in [-0.15, -0.1) is 11.8 Å². The van der Waals surface area contributed by atoms with Crippen LogP contribution >= 0.6 is 11.8 Å². The predicted molar refractivity (Wildman–Crippen MR) is 74.2 cm³/mol. The summed E-state index contributed by atoms with van der Waals surface area (Å²) >= 11 is 2.04. The van der Waals surface area contributed by atoms with Crippen molar-refractivity contribution in [3.63, 3.8) is 0 Å². The van der Waals surface area contributed by atoms with Gasteiger partial charge in [-0.05, 0) is 43.9 Å². The fourth-order valence-corrected chi connectivity index (χ4v) is 4.40. The highest BCUT2D eigenvalue weighted by Crippen LogP contribution is 2.37. The summed E-state index contributed by atoms with van der Waals surface area (Å²) < 4.78 is 5.41. The summed E-state index contributed by atoms with van der Waals surface area (Å²) in [5.41, 5.74) is 0. The normalized spacial score (nSPS) is 33.8. The van der Waals surface area contributed by atoms with Crippen LogP contribution in [0.4, 0.5) is 0 Å². The van der Waals surface area contributed by atoms with Crippen LogP contribution in [0, 0.1) is 11.8 Å². The Morgan fingerprint density at radius 3 is 2.88 bits per heavy atom. The van der Waals surface area contributed by atoms with E-state index < -0.39 is 0 Å². The van der Waals surface area contributed by atoms with E-state index in [1.807, 2.05) is 17.8 Å². The predicted octanol–water partition coefficient (Wildman–Crippen LogP) is 3.54. The zero-order chi connectivity index (χ0) is 12.3. The molecule has 1 aromatic heterocycles. The first-order valence-corrected chi connectivity index (χ1v) is 7.56. The monoisotopic (exact) mass is 253 g/mol. The molecule has 0 bridgehead atoms. The zero-order valence-corrected chi connectivity index (χ0v) is 11.8. The third-order valence-corrected chi connectivity index (χ3v) is 5.39. The summed E-state index contributed by atoms with van der Waals surface area (Å²) in [5.74, 6) is 3.73. The molecular weight excluding hydrogens is 230 g/mol. The van der Waals surface area contributed by atoms with Gasteiger partial charge in [0.1, 0.15) is 5.76 Å². The second-order valence-electron chi connectivity index (χ2n) is 5.30. The first-order valence-electron chi connectivity index (χ1n) is 6.52. The molecule has 1 fully saturated rings. The summed E-state index contributed by atoms with van der Waals surface area (Å²) in [6.07, 6.45) is 4.42. The minimum Gasteiger partial charge on any atom is -0.468 e. The standard InChI is InChI=1S/C14H23NOS/c1-10-7-11(2)14(13(8-10)15-3)17-9-12-5-4-6-16-12/h4-6,10-11,13-15H,7-9H2,1-3H3. The fraction of sp³-hybridized carbons (Fsp3) is 0.714. The third kappa shape index (κ3) is 3.29. The van der Waals surface area contributed by atoms with Crippen LogP contribution in [0.25, 0.3) is 0 Å². The molecule has 1 heterocycles. The molecule has 0 radical (unpaired) electrons. The largest absolute Gasteiger partial charge is 0.468 e. The summed E-state index contributed by atoms with van der Waals surface area (Å²) in [6, 6.07) is 4.68. The van der Waals surface area contributed by atoms with E-state index in [1.54, 1.807) is 6.26 Å². The van der Waals surface area contributed by atoms with Gasteiger partial charge in [0.15, 0.2) is 0 Å². The SMILES string of the molecule is CNC1CC(C)CC(C)C1SCc1ccco1. The Morgan fingerprint density at radius 1 is 1.41 bits per heavy atom. The van der Waals surface area contributed by atoms with E-state index >= 15 is 0 Å². The van der Waals surface area contributed by atoms with Crippen molar-refractivity contribution < 1.29 is 4.42 Å². The van der Waals surface area contributed by atoms with E-state index in [0.717, 1.165) is 23.3 Å². The Hall–Kier alpha value is -0.410. The Bertz CT molecular complexity index is 325. The van der Waals surface area contributed by atoms with Crippen molar-refractivity contribution in [2.45, 2.75) is 43.7 Å². The van der Waals surface area contributed by atoms with Gasteiger partial charge in [0.05, 0.1) is 12.0 Å². The summed E-state index contributed by atoms with van der Waals surface area (Å²) in [7, 11) is 2.09. The van der Waals surface area contributed by atoms with Gasteiger partial charge in [0.25, 0.3) is 0 Å². The van der Waals surface area contributed by atoms with Crippen LogP contribution in [0.3, 0.4) is 0 Å². The Morgan fingerprint density at radius 2 is 2.24 bits per heavy atom. The number of thioether (sulfide) groups is 1. The van der Waals surface area contributed by atoms with E-state index in [-0.39, 0.29) is 0 Å². The molecule has 0 spiro atoms. The van der Waals surface area contributed by atoms with Gasteiger partial charge in [-0.1, -0.05) is 13.8 Å². The van der Waals surface area contributed by atoms with Gasteiger partial charge >= 0.3 is 0 Å². The topological polar surface area (TPSA) is 25.2 Å². The van der Waals surface area contributed by atoms with E-state index in [9.17, 15) is 0 Å². The van der Waals surface area contributed by atoms with Crippen LogP contribution in [0.1, 0.15) is 32.4 Å². The first kappa shape index (κ1) is 13.0. The number of hydrogen-bond acceptors (Lipinski definition) is 3. The Kier molecular flexibility index (Phi) is 4.57. The molecule has 1 N–H and O–H groups in total. The van der Waals surface area contributed by atoms with Crippen molar-refractivity contribution in [2.75, 3.05) is 7.05 Å². The fourth-order valence-electron chi connectivity index (χ4n) is 2.96. The van der Waals surface area contributed by atoms with Crippen molar-refractivity contribution in [1.82, 2.24) is 5.32 Å². The van der Waals surface area contributed by atoms with Gasteiger partial charge in [0.2, 0.25) is 0 Å². The molecule has 0 amide bonds.